The van der Waals surface area contributed by atoms with Crippen molar-refractivity contribution in [3.8, 4) is 0 Å². The van der Waals surface area contributed by atoms with E-state index in [1.54, 1.807) is 4.52 Å². The molecule has 2 unspecified atom stereocenters. The van der Waals surface area contributed by atoms with E-state index < -0.39 is 0 Å². The average molecular weight is 273 g/mol. The van der Waals surface area contributed by atoms with Crippen LogP contribution in [-0.2, 0) is 4.74 Å². The predicted octanol–water partition coefficient (Wildman–Crippen LogP) is 1.00. The molecule has 2 saturated heterocycles. The van der Waals surface area contributed by atoms with Gasteiger partial charge in [-0.15, -0.1) is 5.10 Å². The number of aromatic nitrogens is 3. The molecule has 6 heteroatoms. The highest BCUT2D eigenvalue weighted by Gasteiger charge is 2.32. The van der Waals surface area contributed by atoms with Gasteiger partial charge in [-0.3, -0.25) is 4.90 Å². The molecule has 0 spiro atoms. The first-order chi connectivity index (χ1) is 9.88. The molecule has 4 rings (SSSR count). The Labute approximate surface area is 117 Å². The van der Waals surface area contributed by atoms with Crippen molar-refractivity contribution >= 4 is 11.6 Å². The quantitative estimate of drug-likeness (QED) is 0.904. The van der Waals surface area contributed by atoms with E-state index in [-0.39, 0.29) is 6.10 Å². The van der Waals surface area contributed by atoms with Gasteiger partial charge < -0.3 is 10.1 Å². The van der Waals surface area contributed by atoms with Crippen LogP contribution in [0.5, 0.6) is 0 Å². The fraction of sp³-hybridized carbons (Fsp3) is 0.571. The van der Waals surface area contributed by atoms with Crippen molar-refractivity contribution in [3.05, 3.63) is 24.4 Å². The molecular formula is C14H19N5O. The lowest BCUT2D eigenvalue weighted by molar-refractivity contribution is -0.0416. The third kappa shape index (κ3) is 2.25. The molecular weight excluding hydrogens is 254 g/mol. The molecule has 4 heterocycles. The highest BCUT2D eigenvalue weighted by molar-refractivity contribution is 5.42. The standard InChI is InChI=1S/C14H19N5O/c1-2-7-19-13(5-1)16-14(17-19)15-8-12-9-18-6-3-4-11(18)10-20-12/h1-2,5,7,11-12H,3-4,6,8-10H2,(H,15,17). The first-order valence-electron chi connectivity index (χ1n) is 7.29. The number of rotatable bonds is 3. The lowest BCUT2D eigenvalue weighted by Crippen LogP contribution is -2.48. The molecule has 0 aromatic carbocycles. The minimum absolute atomic E-state index is 0.232. The van der Waals surface area contributed by atoms with Gasteiger partial charge in [0.1, 0.15) is 0 Å². The van der Waals surface area contributed by atoms with Crippen LogP contribution in [0.3, 0.4) is 0 Å². The molecule has 20 heavy (non-hydrogen) atoms. The number of morpholine rings is 1. The van der Waals surface area contributed by atoms with Crippen LogP contribution in [-0.4, -0.2) is 57.9 Å². The predicted molar refractivity (Wildman–Crippen MR) is 75.8 cm³/mol. The maximum atomic E-state index is 5.92. The number of fused-ring (bicyclic) bond motifs is 2. The van der Waals surface area contributed by atoms with Crippen LogP contribution in [0.25, 0.3) is 5.65 Å². The van der Waals surface area contributed by atoms with Crippen molar-refractivity contribution in [2.24, 2.45) is 0 Å². The molecule has 2 aliphatic heterocycles. The van der Waals surface area contributed by atoms with Gasteiger partial charge in [0.15, 0.2) is 5.65 Å². The molecule has 0 aliphatic carbocycles. The summed E-state index contributed by atoms with van der Waals surface area (Å²) in [4.78, 5) is 6.98. The number of pyridine rings is 1. The third-order valence-electron chi connectivity index (χ3n) is 4.19. The highest BCUT2D eigenvalue weighted by atomic mass is 16.5. The van der Waals surface area contributed by atoms with E-state index in [1.807, 2.05) is 24.4 Å². The van der Waals surface area contributed by atoms with Crippen molar-refractivity contribution < 1.29 is 4.74 Å². The molecule has 0 bridgehead atoms. The van der Waals surface area contributed by atoms with Gasteiger partial charge in [0.05, 0.1) is 12.7 Å². The Hall–Kier alpha value is -1.66. The summed E-state index contributed by atoms with van der Waals surface area (Å²) in [6.07, 6.45) is 4.73. The smallest absolute Gasteiger partial charge is 0.243 e. The van der Waals surface area contributed by atoms with Crippen molar-refractivity contribution in [1.82, 2.24) is 19.5 Å². The van der Waals surface area contributed by atoms with Crippen LogP contribution < -0.4 is 5.32 Å². The van der Waals surface area contributed by atoms with Crippen molar-refractivity contribution in [3.63, 3.8) is 0 Å². The maximum Gasteiger partial charge on any atom is 0.243 e. The summed E-state index contributed by atoms with van der Waals surface area (Å²) in [5, 5.41) is 7.68. The lowest BCUT2D eigenvalue weighted by Gasteiger charge is -2.35. The van der Waals surface area contributed by atoms with E-state index in [1.165, 1.54) is 19.4 Å². The van der Waals surface area contributed by atoms with Gasteiger partial charge in [-0.25, -0.2) is 4.52 Å². The van der Waals surface area contributed by atoms with Gasteiger partial charge in [0, 0.05) is 25.3 Å². The SMILES string of the molecule is c1ccn2nc(NCC3CN4CCCC4CO3)nc2c1. The average Bonchev–Trinajstić information content (AvgIpc) is 3.10. The molecule has 2 aliphatic rings. The summed E-state index contributed by atoms with van der Waals surface area (Å²) in [5.74, 6) is 0.670. The van der Waals surface area contributed by atoms with E-state index in [2.05, 4.69) is 20.3 Å². The molecule has 0 saturated carbocycles. The Kier molecular flexibility index (Phi) is 3.05. The third-order valence-corrected chi connectivity index (χ3v) is 4.19. The van der Waals surface area contributed by atoms with E-state index in [0.29, 0.717) is 12.0 Å². The monoisotopic (exact) mass is 273 g/mol. The van der Waals surface area contributed by atoms with Gasteiger partial charge in [0.2, 0.25) is 5.95 Å². The fourth-order valence-electron chi connectivity index (χ4n) is 3.12. The number of anilines is 1. The first-order valence-corrected chi connectivity index (χ1v) is 7.29. The Morgan fingerprint density at radius 3 is 3.35 bits per heavy atom. The Bertz CT molecular complexity index is 565. The molecule has 2 fully saturated rings. The van der Waals surface area contributed by atoms with E-state index in [4.69, 9.17) is 4.74 Å². The van der Waals surface area contributed by atoms with Gasteiger partial charge in [-0.1, -0.05) is 6.07 Å². The van der Waals surface area contributed by atoms with Crippen LogP contribution in [0.15, 0.2) is 24.4 Å². The fourth-order valence-corrected chi connectivity index (χ4v) is 3.12. The van der Waals surface area contributed by atoms with Crippen molar-refractivity contribution in [1.29, 1.82) is 0 Å². The molecule has 2 aromatic rings. The Morgan fingerprint density at radius 2 is 2.40 bits per heavy atom. The zero-order valence-corrected chi connectivity index (χ0v) is 11.4. The van der Waals surface area contributed by atoms with Gasteiger partial charge in [-0.05, 0) is 31.5 Å². The number of ether oxygens (including phenoxy) is 1. The molecule has 2 atom stereocenters. The van der Waals surface area contributed by atoms with Crippen LogP contribution in [0.2, 0.25) is 0 Å². The van der Waals surface area contributed by atoms with Gasteiger partial charge in [-0.2, -0.15) is 4.98 Å². The second-order valence-electron chi connectivity index (χ2n) is 5.57. The maximum absolute atomic E-state index is 5.92. The normalized spacial score (nSPS) is 26.8. The molecule has 2 aromatic heterocycles. The second-order valence-corrected chi connectivity index (χ2v) is 5.57. The first kappa shape index (κ1) is 12.1. The molecule has 106 valence electrons. The van der Waals surface area contributed by atoms with Crippen molar-refractivity contribution in [2.45, 2.75) is 25.0 Å². The number of hydrogen-bond acceptors (Lipinski definition) is 5. The molecule has 6 nitrogen and oxygen atoms in total. The summed E-state index contributed by atoms with van der Waals surface area (Å²) in [7, 11) is 0. The minimum Gasteiger partial charge on any atom is -0.373 e. The zero-order chi connectivity index (χ0) is 13.4. The van der Waals surface area contributed by atoms with E-state index >= 15 is 0 Å². The Balaban J connectivity index is 1.38. The summed E-state index contributed by atoms with van der Waals surface area (Å²) < 4.78 is 7.70. The summed E-state index contributed by atoms with van der Waals surface area (Å²) >= 11 is 0. The van der Waals surface area contributed by atoms with Gasteiger partial charge >= 0.3 is 0 Å². The van der Waals surface area contributed by atoms with Crippen molar-refractivity contribution in [2.75, 3.05) is 31.6 Å². The summed E-state index contributed by atoms with van der Waals surface area (Å²) in [5.41, 5.74) is 0.860. The van der Waals surface area contributed by atoms with Gasteiger partial charge in [0.25, 0.3) is 0 Å². The van der Waals surface area contributed by atoms with Crippen LogP contribution >= 0.6 is 0 Å². The molecule has 0 amide bonds. The highest BCUT2D eigenvalue weighted by Crippen LogP contribution is 2.22. The topological polar surface area (TPSA) is 54.7 Å². The van der Waals surface area contributed by atoms with E-state index in [9.17, 15) is 0 Å². The number of nitrogens with one attached hydrogen (secondary N) is 1. The van der Waals surface area contributed by atoms with Crippen LogP contribution in [0, 0.1) is 0 Å². The second kappa shape index (κ2) is 5.03. The number of hydrogen-bond donors (Lipinski definition) is 1. The summed E-state index contributed by atoms with van der Waals surface area (Å²) in [6, 6.07) is 6.51. The largest absolute Gasteiger partial charge is 0.373 e. The van der Waals surface area contributed by atoms with Crippen LogP contribution in [0.1, 0.15) is 12.8 Å². The van der Waals surface area contributed by atoms with E-state index in [0.717, 1.165) is 25.3 Å². The number of nitrogens with zero attached hydrogens (tertiary/aromatic N) is 4. The zero-order valence-electron chi connectivity index (χ0n) is 11.4. The van der Waals surface area contributed by atoms with Crippen LogP contribution in [0.4, 0.5) is 5.95 Å². The summed E-state index contributed by atoms with van der Waals surface area (Å²) in [6.45, 7) is 3.87. The molecule has 0 radical (unpaired) electrons. The Morgan fingerprint density at radius 1 is 1.40 bits per heavy atom. The lowest BCUT2D eigenvalue weighted by atomic mass is 10.2. The minimum atomic E-state index is 0.232. The molecule has 1 N–H and O–H groups in total.